The van der Waals surface area contributed by atoms with Crippen LogP contribution >= 0.6 is 11.3 Å². The van der Waals surface area contributed by atoms with Crippen LogP contribution in [0.25, 0.3) is 0 Å². The van der Waals surface area contributed by atoms with Crippen molar-refractivity contribution in [3.63, 3.8) is 0 Å². The smallest absolute Gasteiger partial charge is 0.220 e. The number of nitrogens with one attached hydrogen (secondary N) is 1. The molecular formula is C15H21N3O2S. The molecule has 1 amide bonds. The van der Waals surface area contributed by atoms with Crippen LogP contribution in [-0.4, -0.2) is 27.1 Å². The second-order valence-corrected chi connectivity index (χ2v) is 6.11. The van der Waals surface area contributed by atoms with E-state index in [1.807, 2.05) is 34.5 Å². The zero-order chi connectivity index (χ0) is 15.3. The van der Waals surface area contributed by atoms with Crippen molar-refractivity contribution < 1.29 is 9.90 Å². The minimum atomic E-state index is -1.02. The molecule has 0 fully saturated rings. The SMILES string of the molecule is Cc1nccn1CCCC(=O)NCC(C)(O)c1ccsc1. The van der Waals surface area contributed by atoms with E-state index in [0.29, 0.717) is 6.42 Å². The molecule has 1 atom stereocenters. The lowest BCUT2D eigenvalue weighted by Crippen LogP contribution is -2.38. The van der Waals surface area contributed by atoms with Crippen LogP contribution in [0.1, 0.15) is 31.2 Å². The first-order valence-electron chi connectivity index (χ1n) is 6.98. The Labute approximate surface area is 128 Å². The van der Waals surface area contributed by atoms with E-state index in [-0.39, 0.29) is 12.5 Å². The van der Waals surface area contributed by atoms with Crippen molar-refractivity contribution >= 4 is 17.2 Å². The summed E-state index contributed by atoms with van der Waals surface area (Å²) >= 11 is 1.53. The standard InChI is InChI=1S/C15H21N3O2S/c1-12-16-6-8-18(12)7-3-4-14(19)17-11-15(2,20)13-5-9-21-10-13/h5-6,8-10,20H,3-4,7,11H2,1-2H3,(H,17,19). The average molecular weight is 307 g/mol. The van der Waals surface area contributed by atoms with Crippen LogP contribution in [-0.2, 0) is 16.9 Å². The third-order valence-electron chi connectivity index (χ3n) is 3.50. The van der Waals surface area contributed by atoms with Gasteiger partial charge in [0.2, 0.25) is 5.91 Å². The highest BCUT2D eigenvalue weighted by atomic mass is 32.1. The molecule has 6 heteroatoms. The first-order chi connectivity index (χ1) is 9.99. The Morgan fingerprint density at radius 3 is 3.00 bits per heavy atom. The van der Waals surface area contributed by atoms with Gasteiger partial charge in [-0.05, 0) is 42.7 Å². The molecule has 0 aliphatic rings. The van der Waals surface area contributed by atoms with Crippen LogP contribution in [0.5, 0.6) is 0 Å². The third-order valence-corrected chi connectivity index (χ3v) is 4.18. The fourth-order valence-electron chi connectivity index (χ4n) is 2.08. The van der Waals surface area contributed by atoms with E-state index >= 15 is 0 Å². The summed E-state index contributed by atoms with van der Waals surface area (Å²) in [7, 11) is 0. The van der Waals surface area contributed by atoms with Gasteiger partial charge in [0.15, 0.2) is 0 Å². The van der Waals surface area contributed by atoms with Gasteiger partial charge >= 0.3 is 0 Å². The Balaban J connectivity index is 1.71. The minimum Gasteiger partial charge on any atom is -0.384 e. The molecule has 2 aromatic rings. The second-order valence-electron chi connectivity index (χ2n) is 5.33. The van der Waals surface area contributed by atoms with Crippen LogP contribution in [0.15, 0.2) is 29.2 Å². The highest BCUT2D eigenvalue weighted by molar-refractivity contribution is 7.08. The lowest BCUT2D eigenvalue weighted by molar-refractivity contribution is -0.122. The number of aromatic nitrogens is 2. The fourth-order valence-corrected chi connectivity index (χ4v) is 2.86. The van der Waals surface area contributed by atoms with Gasteiger partial charge in [-0.25, -0.2) is 4.98 Å². The predicted molar refractivity (Wildman–Crippen MR) is 83.1 cm³/mol. The molecule has 21 heavy (non-hydrogen) atoms. The van der Waals surface area contributed by atoms with E-state index in [9.17, 15) is 9.90 Å². The number of aliphatic hydroxyl groups is 1. The van der Waals surface area contributed by atoms with E-state index in [0.717, 1.165) is 24.4 Å². The summed E-state index contributed by atoms with van der Waals surface area (Å²) in [6.07, 6.45) is 4.86. The molecule has 0 radical (unpaired) electrons. The lowest BCUT2D eigenvalue weighted by Gasteiger charge is -2.22. The highest BCUT2D eigenvalue weighted by Gasteiger charge is 2.23. The normalized spacial score (nSPS) is 13.9. The molecule has 0 aliphatic carbocycles. The van der Waals surface area contributed by atoms with E-state index in [1.165, 1.54) is 11.3 Å². The van der Waals surface area contributed by atoms with E-state index in [2.05, 4.69) is 10.3 Å². The molecular weight excluding hydrogens is 286 g/mol. The van der Waals surface area contributed by atoms with Crippen LogP contribution in [0, 0.1) is 6.92 Å². The summed E-state index contributed by atoms with van der Waals surface area (Å²) in [4.78, 5) is 16.0. The molecule has 0 bridgehead atoms. The Bertz CT molecular complexity index is 576. The van der Waals surface area contributed by atoms with Crippen LogP contribution in [0.4, 0.5) is 0 Å². The molecule has 0 aromatic carbocycles. The predicted octanol–water partition coefficient (Wildman–Crippen LogP) is 2.06. The van der Waals surface area contributed by atoms with Crippen molar-refractivity contribution in [3.8, 4) is 0 Å². The Kier molecular flexibility index (Phi) is 5.14. The van der Waals surface area contributed by atoms with Crippen LogP contribution in [0.3, 0.4) is 0 Å². The maximum absolute atomic E-state index is 11.8. The van der Waals surface area contributed by atoms with Crippen molar-refractivity contribution in [3.05, 3.63) is 40.6 Å². The fraction of sp³-hybridized carbons (Fsp3) is 0.467. The number of carbonyl (C=O) groups excluding carboxylic acids is 1. The summed E-state index contributed by atoms with van der Waals surface area (Å²) in [6.45, 7) is 4.66. The number of rotatable bonds is 7. The summed E-state index contributed by atoms with van der Waals surface area (Å²) in [5.74, 6) is 0.916. The summed E-state index contributed by atoms with van der Waals surface area (Å²) in [5, 5.41) is 16.9. The molecule has 2 rings (SSSR count). The van der Waals surface area contributed by atoms with Gasteiger partial charge in [-0.15, -0.1) is 0 Å². The zero-order valence-corrected chi connectivity index (χ0v) is 13.2. The Morgan fingerprint density at radius 1 is 1.57 bits per heavy atom. The molecule has 0 saturated heterocycles. The van der Waals surface area contributed by atoms with Gasteiger partial charge in [0.25, 0.3) is 0 Å². The number of thiophene rings is 1. The van der Waals surface area contributed by atoms with Crippen molar-refractivity contribution in [2.24, 2.45) is 0 Å². The largest absolute Gasteiger partial charge is 0.384 e. The molecule has 5 nitrogen and oxygen atoms in total. The monoisotopic (exact) mass is 307 g/mol. The number of carbonyl (C=O) groups is 1. The van der Waals surface area contributed by atoms with Crippen molar-refractivity contribution in [2.75, 3.05) is 6.54 Å². The third kappa shape index (κ3) is 4.41. The average Bonchev–Trinajstić information content (AvgIpc) is 3.09. The van der Waals surface area contributed by atoms with E-state index < -0.39 is 5.60 Å². The molecule has 2 aromatic heterocycles. The number of hydrogen-bond donors (Lipinski definition) is 2. The molecule has 1 unspecified atom stereocenters. The quantitative estimate of drug-likeness (QED) is 0.823. The topological polar surface area (TPSA) is 67.2 Å². The Morgan fingerprint density at radius 2 is 2.38 bits per heavy atom. The summed E-state index contributed by atoms with van der Waals surface area (Å²) in [5.41, 5.74) is -0.182. The molecule has 0 aliphatic heterocycles. The number of aryl methyl sites for hydroxylation is 2. The van der Waals surface area contributed by atoms with Gasteiger partial charge in [-0.3, -0.25) is 4.79 Å². The van der Waals surface area contributed by atoms with E-state index in [4.69, 9.17) is 0 Å². The van der Waals surface area contributed by atoms with Gasteiger partial charge in [0.1, 0.15) is 11.4 Å². The minimum absolute atomic E-state index is 0.0386. The van der Waals surface area contributed by atoms with Crippen molar-refractivity contribution in [1.29, 1.82) is 0 Å². The van der Waals surface area contributed by atoms with Gasteiger partial charge in [0, 0.05) is 25.4 Å². The van der Waals surface area contributed by atoms with Crippen molar-refractivity contribution in [1.82, 2.24) is 14.9 Å². The van der Waals surface area contributed by atoms with Crippen molar-refractivity contribution in [2.45, 2.75) is 38.8 Å². The molecule has 0 saturated carbocycles. The lowest BCUT2D eigenvalue weighted by atomic mass is 9.99. The highest BCUT2D eigenvalue weighted by Crippen LogP contribution is 2.21. The maximum atomic E-state index is 11.8. The molecule has 2 heterocycles. The first kappa shape index (κ1) is 15.7. The number of nitrogens with zero attached hydrogens (tertiary/aromatic N) is 2. The molecule has 114 valence electrons. The number of imidazole rings is 1. The molecule has 0 spiro atoms. The number of amides is 1. The second kappa shape index (κ2) is 6.87. The van der Waals surface area contributed by atoms with Gasteiger partial charge in [-0.2, -0.15) is 11.3 Å². The first-order valence-corrected chi connectivity index (χ1v) is 7.93. The number of hydrogen-bond acceptors (Lipinski definition) is 4. The van der Waals surface area contributed by atoms with Gasteiger partial charge in [0.05, 0.1) is 6.54 Å². The summed E-state index contributed by atoms with van der Waals surface area (Å²) in [6, 6.07) is 1.87. The molecule has 2 N–H and O–H groups in total. The van der Waals surface area contributed by atoms with Gasteiger partial charge in [-0.1, -0.05) is 0 Å². The van der Waals surface area contributed by atoms with E-state index in [1.54, 1.807) is 13.1 Å². The van der Waals surface area contributed by atoms with Crippen LogP contribution in [0.2, 0.25) is 0 Å². The van der Waals surface area contributed by atoms with Gasteiger partial charge < -0.3 is 15.0 Å². The summed E-state index contributed by atoms with van der Waals surface area (Å²) < 4.78 is 2.02. The zero-order valence-electron chi connectivity index (χ0n) is 12.4. The van der Waals surface area contributed by atoms with Crippen LogP contribution < -0.4 is 5.32 Å². The Hall–Kier alpha value is -1.66. The maximum Gasteiger partial charge on any atom is 0.220 e.